The van der Waals surface area contributed by atoms with Crippen molar-refractivity contribution in [1.29, 1.82) is 0 Å². The summed E-state index contributed by atoms with van der Waals surface area (Å²) < 4.78 is 0. The molecule has 0 radical (unpaired) electrons. The number of carbonyl (C=O) groups is 4. The Hall–Kier alpha value is -2.16. The molecule has 9 nitrogen and oxygen atoms in total. The summed E-state index contributed by atoms with van der Waals surface area (Å²) in [6.07, 6.45) is 1.77. The summed E-state index contributed by atoms with van der Waals surface area (Å²) in [6.45, 7) is 5.19. The fraction of sp³-hybridized carbons (Fsp3) is 0.750. The molecule has 0 saturated carbocycles. The van der Waals surface area contributed by atoms with Crippen LogP contribution in [0.5, 0.6) is 0 Å². The molecule has 4 atom stereocenters. The van der Waals surface area contributed by atoms with Crippen LogP contribution in [0.25, 0.3) is 0 Å². The summed E-state index contributed by atoms with van der Waals surface area (Å²) in [5.74, 6) is -2.53. The number of nitrogens with zero attached hydrogens (tertiary/aromatic N) is 1. The number of rotatable bonds is 8. The highest BCUT2D eigenvalue weighted by molar-refractivity contribution is 5.94. The van der Waals surface area contributed by atoms with Gasteiger partial charge in [-0.1, -0.05) is 20.3 Å². The lowest BCUT2D eigenvalue weighted by atomic mass is 9.97. The Morgan fingerprint density at radius 1 is 1.28 bits per heavy atom. The van der Waals surface area contributed by atoms with Crippen LogP contribution in [0.3, 0.4) is 0 Å². The molecule has 5 N–H and O–H groups in total. The monoisotopic (exact) mass is 356 g/mol. The first-order valence-corrected chi connectivity index (χ1v) is 8.54. The molecule has 1 fully saturated rings. The van der Waals surface area contributed by atoms with Gasteiger partial charge in [-0.3, -0.25) is 19.2 Å². The third-order valence-corrected chi connectivity index (χ3v) is 4.44. The largest absolute Gasteiger partial charge is 0.480 e. The van der Waals surface area contributed by atoms with Crippen LogP contribution in [0.1, 0.15) is 40.0 Å². The normalized spacial score (nSPS) is 20.5. The predicted octanol–water partition coefficient (Wildman–Crippen LogP) is -0.944. The maximum atomic E-state index is 12.9. The number of nitrogens with one attached hydrogen (secondary N) is 2. The number of carboxylic acids is 1. The molecule has 0 bridgehead atoms. The van der Waals surface area contributed by atoms with E-state index in [2.05, 4.69) is 10.6 Å². The van der Waals surface area contributed by atoms with Gasteiger partial charge in [0, 0.05) is 6.54 Å². The zero-order valence-electron chi connectivity index (χ0n) is 14.9. The van der Waals surface area contributed by atoms with E-state index in [-0.39, 0.29) is 11.8 Å². The van der Waals surface area contributed by atoms with E-state index in [1.165, 1.54) is 11.8 Å². The lowest BCUT2D eigenvalue weighted by molar-refractivity contribution is -0.143. The molecule has 0 aromatic carbocycles. The lowest BCUT2D eigenvalue weighted by Gasteiger charge is -2.31. The Labute approximate surface area is 147 Å². The molecule has 1 aliphatic heterocycles. The molecule has 1 heterocycles. The smallest absolute Gasteiger partial charge is 0.322 e. The summed E-state index contributed by atoms with van der Waals surface area (Å²) in [5.41, 5.74) is 5.57. The van der Waals surface area contributed by atoms with Gasteiger partial charge in [-0.15, -0.1) is 0 Å². The van der Waals surface area contributed by atoms with E-state index in [0.717, 1.165) is 0 Å². The van der Waals surface area contributed by atoms with Gasteiger partial charge in [-0.05, 0) is 25.7 Å². The van der Waals surface area contributed by atoms with E-state index in [1.54, 1.807) is 0 Å². The molecule has 0 spiro atoms. The van der Waals surface area contributed by atoms with Gasteiger partial charge < -0.3 is 26.4 Å². The highest BCUT2D eigenvalue weighted by atomic mass is 16.4. The van der Waals surface area contributed by atoms with Crippen molar-refractivity contribution in [1.82, 2.24) is 15.5 Å². The Morgan fingerprint density at radius 3 is 2.44 bits per heavy atom. The van der Waals surface area contributed by atoms with Crippen molar-refractivity contribution in [3.8, 4) is 0 Å². The zero-order valence-corrected chi connectivity index (χ0v) is 14.9. The molecule has 0 aliphatic carbocycles. The van der Waals surface area contributed by atoms with E-state index < -0.39 is 42.5 Å². The number of hydrogen-bond donors (Lipinski definition) is 4. The number of likely N-dealkylation sites (tertiary alicyclic amines) is 1. The molecule has 3 amide bonds. The lowest BCUT2D eigenvalue weighted by Crippen LogP contribution is -2.57. The molecule has 4 unspecified atom stereocenters. The van der Waals surface area contributed by atoms with E-state index in [1.807, 2.05) is 13.8 Å². The predicted molar refractivity (Wildman–Crippen MR) is 90.4 cm³/mol. The maximum absolute atomic E-state index is 12.9. The Kier molecular flexibility index (Phi) is 7.82. The molecule has 0 aromatic heterocycles. The molecule has 1 saturated heterocycles. The van der Waals surface area contributed by atoms with Gasteiger partial charge in [-0.2, -0.15) is 0 Å². The summed E-state index contributed by atoms with van der Waals surface area (Å²) in [7, 11) is 0. The molecular formula is C16H28N4O5. The van der Waals surface area contributed by atoms with Crippen LogP contribution in [0.15, 0.2) is 0 Å². The number of carboxylic acid groups (broad SMARTS) is 1. The maximum Gasteiger partial charge on any atom is 0.322 e. The minimum atomic E-state index is -1.15. The van der Waals surface area contributed by atoms with Crippen molar-refractivity contribution in [3.05, 3.63) is 0 Å². The summed E-state index contributed by atoms with van der Waals surface area (Å²) in [5, 5.41) is 13.7. The number of amides is 3. The van der Waals surface area contributed by atoms with Crippen molar-refractivity contribution >= 4 is 23.7 Å². The molecule has 1 rings (SSSR count). The quantitative estimate of drug-likeness (QED) is 0.442. The van der Waals surface area contributed by atoms with Gasteiger partial charge in [0.05, 0.1) is 6.04 Å². The highest BCUT2D eigenvalue weighted by Crippen LogP contribution is 2.21. The van der Waals surface area contributed by atoms with Gasteiger partial charge in [-0.25, -0.2) is 0 Å². The zero-order chi connectivity index (χ0) is 19.1. The van der Waals surface area contributed by atoms with Gasteiger partial charge in [0.25, 0.3) is 0 Å². The summed E-state index contributed by atoms with van der Waals surface area (Å²) in [4.78, 5) is 49.1. The fourth-order valence-corrected chi connectivity index (χ4v) is 2.73. The molecule has 142 valence electrons. The van der Waals surface area contributed by atoms with Crippen molar-refractivity contribution in [2.24, 2.45) is 11.7 Å². The van der Waals surface area contributed by atoms with Crippen molar-refractivity contribution in [2.75, 3.05) is 13.1 Å². The first kappa shape index (κ1) is 20.9. The third-order valence-electron chi connectivity index (χ3n) is 4.44. The van der Waals surface area contributed by atoms with E-state index in [0.29, 0.717) is 25.8 Å². The Balaban J connectivity index is 2.88. The molecule has 1 aliphatic rings. The van der Waals surface area contributed by atoms with Gasteiger partial charge in [0.1, 0.15) is 18.6 Å². The van der Waals surface area contributed by atoms with E-state index in [4.69, 9.17) is 10.8 Å². The van der Waals surface area contributed by atoms with Crippen LogP contribution in [0, 0.1) is 5.92 Å². The summed E-state index contributed by atoms with van der Waals surface area (Å²) >= 11 is 0. The van der Waals surface area contributed by atoms with Crippen LogP contribution in [-0.2, 0) is 19.2 Å². The topological polar surface area (TPSA) is 142 Å². The fourth-order valence-electron chi connectivity index (χ4n) is 2.73. The average molecular weight is 356 g/mol. The molecule has 9 heteroatoms. The van der Waals surface area contributed by atoms with Crippen LogP contribution in [-0.4, -0.2) is 64.9 Å². The number of nitrogens with two attached hydrogens (primary N) is 1. The van der Waals surface area contributed by atoms with Crippen molar-refractivity contribution in [2.45, 2.75) is 58.2 Å². The molecular weight excluding hydrogens is 328 g/mol. The van der Waals surface area contributed by atoms with Crippen molar-refractivity contribution in [3.63, 3.8) is 0 Å². The van der Waals surface area contributed by atoms with Gasteiger partial charge in [0.2, 0.25) is 17.7 Å². The first-order valence-electron chi connectivity index (χ1n) is 8.54. The van der Waals surface area contributed by atoms with Crippen LogP contribution >= 0.6 is 0 Å². The van der Waals surface area contributed by atoms with E-state index in [9.17, 15) is 19.2 Å². The number of hydrogen-bond acceptors (Lipinski definition) is 5. The molecule has 0 aromatic rings. The SMILES string of the molecule is CCC(C)C(NC(=O)C(C)N)C(=O)N1CCCC1C(=O)NCC(=O)O. The standard InChI is InChI=1S/C16H28N4O5/c1-4-9(2)13(19-14(23)10(3)17)16(25)20-7-5-6-11(20)15(24)18-8-12(21)22/h9-11,13H,4-8,17H2,1-3H3,(H,18,24)(H,19,23)(H,21,22). The van der Waals surface area contributed by atoms with Crippen LogP contribution < -0.4 is 16.4 Å². The van der Waals surface area contributed by atoms with Crippen molar-refractivity contribution < 1.29 is 24.3 Å². The Morgan fingerprint density at radius 2 is 1.92 bits per heavy atom. The second kappa shape index (κ2) is 9.36. The van der Waals surface area contributed by atoms with Gasteiger partial charge in [0.15, 0.2) is 0 Å². The number of carbonyl (C=O) groups excluding carboxylic acids is 3. The molecule has 25 heavy (non-hydrogen) atoms. The second-order valence-electron chi connectivity index (χ2n) is 6.46. The first-order chi connectivity index (χ1) is 11.7. The number of aliphatic carboxylic acids is 1. The van der Waals surface area contributed by atoms with Gasteiger partial charge >= 0.3 is 5.97 Å². The highest BCUT2D eigenvalue weighted by Gasteiger charge is 2.39. The van der Waals surface area contributed by atoms with Crippen LogP contribution in [0.4, 0.5) is 0 Å². The summed E-state index contributed by atoms with van der Waals surface area (Å²) in [6, 6.07) is -2.23. The second-order valence-corrected chi connectivity index (χ2v) is 6.46. The minimum absolute atomic E-state index is 0.126. The Bertz CT molecular complexity index is 523. The van der Waals surface area contributed by atoms with Crippen LogP contribution in [0.2, 0.25) is 0 Å². The van der Waals surface area contributed by atoms with E-state index >= 15 is 0 Å². The minimum Gasteiger partial charge on any atom is -0.480 e. The average Bonchev–Trinajstić information content (AvgIpc) is 3.05. The third kappa shape index (κ3) is 5.70.